The molecule has 0 radical (unpaired) electrons. The highest BCUT2D eigenvalue weighted by Gasteiger charge is 2.15. The third kappa shape index (κ3) is 4.17. The molecule has 4 aromatic rings. The molecule has 146 valence electrons. The second-order valence-corrected chi connectivity index (χ2v) is 7.81. The number of nitrogens with zero attached hydrogens (tertiary/aromatic N) is 3. The Bertz CT molecular complexity index is 1190. The van der Waals surface area contributed by atoms with E-state index in [4.69, 9.17) is 9.72 Å². The van der Waals surface area contributed by atoms with E-state index in [-0.39, 0.29) is 11.6 Å². The van der Waals surface area contributed by atoms with Gasteiger partial charge in [0.2, 0.25) is 0 Å². The van der Waals surface area contributed by atoms with Crippen molar-refractivity contribution in [2.75, 3.05) is 0 Å². The van der Waals surface area contributed by atoms with Gasteiger partial charge in [-0.15, -0.1) is 0 Å². The number of para-hydroxylation sites is 2. The van der Waals surface area contributed by atoms with E-state index in [2.05, 4.69) is 4.98 Å². The molecule has 0 aliphatic heterocycles. The molecule has 0 bridgehead atoms. The molecule has 0 unspecified atom stereocenters. The van der Waals surface area contributed by atoms with Crippen LogP contribution in [0.25, 0.3) is 10.9 Å². The van der Waals surface area contributed by atoms with Crippen LogP contribution in [0.15, 0.2) is 83.0 Å². The Hall–Kier alpha value is -3.12. The van der Waals surface area contributed by atoms with E-state index < -0.39 is 0 Å². The fraction of sp³-hybridized carbons (Fsp3) is 0.174. The third-order valence-electron chi connectivity index (χ3n) is 4.48. The summed E-state index contributed by atoms with van der Waals surface area (Å²) in [4.78, 5) is 21.8. The van der Waals surface area contributed by atoms with Gasteiger partial charge >= 0.3 is 0 Å². The standard InChI is InChI=1S/C23H21N3O2S/c1-16(2)26-22(27)19-10-4-5-11-20(19)25-23(26)29-15-17-8-3-6-12-21(17)28-18-9-7-13-24-14-18/h3-14,16H,15H2,1-2H3. The van der Waals surface area contributed by atoms with Crippen LogP contribution in [-0.4, -0.2) is 14.5 Å². The highest BCUT2D eigenvalue weighted by atomic mass is 32.2. The highest BCUT2D eigenvalue weighted by molar-refractivity contribution is 7.98. The molecule has 0 saturated carbocycles. The summed E-state index contributed by atoms with van der Waals surface area (Å²) in [6.45, 7) is 4.00. The lowest BCUT2D eigenvalue weighted by Gasteiger charge is -2.17. The van der Waals surface area contributed by atoms with Crippen LogP contribution in [0.2, 0.25) is 0 Å². The van der Waals surface area contributed by atoms with Crippen molar-refractivity contribution in [3.8, 4) is 11.5 Å². The Labute approximate surface area is 173 Å². The monoisotopic (exact) mass is 403 g/mol. The molecule has 6 heteroatoms. The van der Waals surface area contributed by atoms with E-state index in [1.165, 1.54) is 11.8 Å². The van der Waals surface area contributed by atoms with Crippen LogP contribution in [0.3, 0.4) is 0 Å². The van der Waals surface area contributed by atoms with E-state index in [1.54, 1.807) is 17.0 Å². The van der Waals surface area contributed by atoms with Crippen LogP contribution in [0.4, 0.5) is 0 Å². The van der Waals surface area contributed by atoms with Crippen LogP contribution in [-0.2, 0) is 5.75 Å². The predicted molar refractivity (Wildman–Crippen MR) is 117 cm³/mol. The lowest BCUT2D eigenvalue weighted by Crippen LogP contribution is -2.25. The van der Waals surface area contributed by atoms with Crippen molar-refractivity contribution in [1.29, 1.82) is 0 Å². The normalized spacial score (nSPS) is 11.1. The summed E-state index contributed by atoms with van der Waals surface area (Å²) in [5, 5.41) is 1.35. The first-order chi connectivity index (χ1) is 14.1. The summed E-state index contributed by atoms with van der Waals surface area (Å²) in [6.07, 6.45) is 3.40. The minimum atomic E-state index is -0.00649. The number of hydrogen-bond acceptors (Lipinski definition) is 5. The van der Waals surface area contributed by atoms with Gasteiger partial charge in [0.15, 0.2) is 5.16 Å². The molecular formula is C23H21N3O2S. The molecule has 0 fully saturated rings. The van der Waals surface area contributed by atoms with Crippen molar-refractivity contribution in [2.24, 2.45) is 0 Å². The maximum absolute atomic E-state index is 13.0. The topological polar surface area (TPSA) is 57.0 Å². The van der Waals surface area contributed by atoms with E-state index in [0.717, 1.165) is 16.8 Å². The van der Waals surface area contributed by atoms with Crippen molar-refractivity contribution >= 4 is 22.7 Å². The lowest BCUT2D eigenvalue weighted by atomic mass is 10.2. The summed E-state index contributed by atoms with van der Waals surface area (Å²) in [5.41, 5.74) is 1.74. The van der Waals surface area contributed by atoms with Crippen LogP contribution >= 0.6 is 11.8 Å². The molecule has 5 nitrogen and oxygen atoms in total. The summed E-state index contributed by atoms with van der Waals surface area (Å²) in [5.74, 6) is 2.09. The highest BCUT2D eigenvalue weighted by Crippen LogP contribution is 2.31. The Morgan fingerprint density at radius 2 is 1.83 bits per heavy atom. The molecule has 0 aliphatic carbocycles. The summed E-state index contributed by atoms with van der Waals surface area (Å²) in [7, 11) is 0. The molecule has 2 aromatic heterocycles. The Morgan fingerprint density at radius 1 is 1.03 bits per heavy atom. The van der Waals surface area contributed by atoms with Crippen LogP contribution in [0.5, 0.6) is 11.5 Å². The molecule has 0 amide bonds. The Balaban J connectivity index is 1.65. The van der Waals surface area contributed by atoms with Gasteiger partial charge in [0.05, 0.1) is 17.1 Å². The van der Waals surface area contributed by atoms with Gasteiger partial charge in [-0.2, -0.15) is 0 Å². The van der Waals surface area contributed by atoms with Crippen LogP contribution < -0.4 is 10.3 Å². The molecule has 2 aromatic carbocycles. The fourth-order valence-corrected chi connectivity index (χ4v) is 4.20. The molecule has 29 heavy (non-hydrogen) atoms. The van der Waals surface area contributed by atoms with Crippen LogP contribution in [0.1, 0.15) is 25.5 Å². The van der Waals surface area contributed by atoms with E-state index in [0.29, 0.717) is 22.0 Å². The second kappa shape index (κ2) is 8.49. The molecule has 0 spiro atoms. The van der Waals surface area contributed by atoms with Gasteiger partial charge in [-0.05, 0) is 44.2 Å². The smallest absolute Gasteiger partial charge is 0.262 e. The number of aromatic nitrogens is 3. The zero-order chi connectivity index (χ0) is 20.2. The molecule has 0 aliphatic rings. The SMILES string of the molecule is CC(C)n1c(SCc2ccccc2Oc2cccnc2)nc2ccccc2c1=O. The zero-order valence-corrected chi connectivity index (χ0v) is 17.1. The molecule has 0 saturated heterocycles. The zero-order valence-electron chi connectivity index (χ0n) is 16.3. The van der Waals surface area contributed by atoms with E-state index >= 15 is 0 Å². The van der Waals surface area contributed by atoms with Gasteiger partial charge < -0.3 is 4.74 Å². The largest absolute Gasteiger partial charge is 0.455 e. The number of fused-ring (bicyclic) bond motifs is 1. The van der Waals surface area contributed by atoms with Gasteiger partial charge in [0.1, 0.15) is 11.5 Å². The predicted octanol–water partition coefficient (Wildman–Crippen LogP) is 5.46. The van der Waals surface area contributed by atoms with Gasteiger partial charge in [-0.25, -0.2) is 4.98 Å². The lowest BCUT2D eigenvalue weighted by molar-refractivity contribution is 0.476. The molecular weight excluding hydrogens is 382 g/mol. The van der Waals surface area contributed by atoms with Crippen molar-refractivity contribution in [3.63, 3.8) is 0 Å². The maximum atomic E-state index is 13.0. The average molecular weight is 404 g/mol. The summed E-state index contributed by atoms with van der Waals surface area (Å²) in [6, 6.07) is 19.1. The minimum absolute atomic E-state index is 0.00649. The van der Waals surface area contributed by atoms with Crippen molar-refractivity contribution in [2.45, 2.75) is 30.8 Å². The third-order valence-corrected chi connectivity index (χ3v) is 5.48. The molecule has 0 atom stereocenters. The average Bonchev–Trinajstić information content (AvgIpc) is 2.73. The van der Waals surface area contributed by atoms with Gasteiger partial charge in [-0.1, -0.05) is 42.1 Å². The maximum Gasteiger partial charge on any atom is 0.262 e. The first-order valence-electron chi connectivity index (χ1n) is 9.43. The number of ether oxygens (including phenoxy) is 1. The summed E-state index contributed by atoms with van der Waals surface area (Å²) < 4.78 is 7.77. The van der Waals surface area contributed by atoms with E-state index in [9.17, 15) is 4.79 Å². The number of rotatable bonds is 6. The molecule has 2 heterocycles. The van der Waals surface area contributed by atoms with E-state index in [1.807, 2.05) is 74.5 Å². The Morgan fingerprint density at radius 3 is 2.62 bits per heavy atom. The van der Waals surface area contributed by atoms with Gasteiger partial charge in [0.25, 0.3) is 5.56 Å². The van der Waals surface area contributed by atoms with Crippen molar-refractivity contribution in [3.05, 3.63) is 89.0 Å². The van der Waals surface area contributed by atoms with Crippen LogP contribution in [0, 0.1) is 0 Å². The second-order valence-electron chi connectivity index (χ2n) is 6.87. The minimum Gasteiger partial charge on any atom is -0.455 e. The first-order valence-corrected chi connectivity index (χ1v) is 10.4. The number of hydrogen-bond donors (Lipinski definition) is 0. The number of benzene rings is 2. The quantitative estimate of drug-likeness (QED) is 0.316. The van der Waals surface area contributed by atoms with Crippen molar-refractivity contribution in [1.82, 2.24) is 14.5 Å². The molecule has 0 N–H and O–H groups in total. The van der Waals surface area contributed by atoms with Gasteiger partial charge in [-0.3, -0.25) is 14.3 Å². The number of thioether (sulfide) groups is 1. The first kappa shape index (κ1) is 19.2. The van der Waals surface area contributed by atoms with Gasteiger partial charge in [0, 0.05) is 23.6 Å². The fourth-order valence-electron chi connectivity index (χ4n) is 3.08. The number of pyridine rings is 1. The molecule has 4 rings (SSSR count). The Kier molecular flexibility index (Phi) is 5.62. The van der Waals surface area contributed by atoms with Crippen molar-refractivity contribution < 1.29 is 4.74 Å². The summed E-state index contributed by atoms with van der Waals surface area (Å²) >= 11 is 1.54.